The maximum atomic E-state index is 12.8. The first kappa shape index (κ1) is 23.9. The second-order valence-electron chi connectivity index (χ2n) is 10.9. The molecule has 2 atom stereocenters. The number of rotatable bonds is 9. The van der Waals surface area contributed by atoms with Crippen molar-refractivity contribution in [2.75, 3.05) is 25.5 Å². The molecule has 186 valence electrons. The van der Waals surface area contributed by atoms with E-state index in [4.69, 9.17) is 10.7 Å². The SMILES string of the molecule is CN1CCC(CC(=O)c2ccc(Nc3ncc(C4CC4)c(C[C@@H]4CCC[C@@H]4C(N)=O)n3)cc2)CC1. The minimum Gasteiger partial charge on any atom is -0.369 e. The zero-order valence-corrected chi connectivity index (χ0v) is 20.7. The number of hydrogen-bond donors (Lipinski definition) is 2. The van der Waals surface area contributed by atoms with Gasteiger partial charge in [0.1, 0.15) is 0 Å². The molecule has 2 saturated carbocycles. The van der Waals surface area contributed by atoms with E-state index in [0.717, 1.165) is 68.6 Å². The lowest BCUT2D eigenvalue weighted by atomic mass is 9.89. The molecule has 1 aliphatic heterocycles. The van der Waals surface area contributed by atoms with Crippen molar-refractivity contribution in [1.29, 1.82) is 0 Å². The minimum absolute atomic E-state index is 0.0481. The molecular weight excluding hydrogens is 438 g/mol. The number of nitrogens with one attached hydrogen (secondary N) is 1. The molecule has 1 saturated heterocycles. The van der Waals surface area contributed by atoms with Gasteiger partial charge in [0.2, 0.25) is 11.9 Å². The third kappa shape index (κ3) is 5.89. The highest BCUT2D eigenvalue weighted by Gasteiger charge is 2.34. The first-order valence-electron chi connectivity index (χ1n) is 13.2. The molecule has 2 aromatic rings. The Morgan fingerprint density at radius 2 is 1.80 bits per heavy atom. The number of aromatic nitrogens is 2. The van der Waals surface area contributed by atoms with Crippen LogP contribution in [0.1, 0.15) is 78.9 Å². The van der Waals surface area contributed by atoms with E-state index in [-0.39, 0.29) is 23.5 Å². The number of Topliss-reactive ketones (excluding diaryl/α,β-unsaturated/α-hetero) is 1. The number of primary amides is 1. The molecule has 3 fully saturated rings. The second kappa shape index (κ2) is 10.4. The summed E-state index contributed by atoms with van der Waals surface area (Å²) in [4.78, 5) is 36.4. The number of anilines is 2. The maximum Gasteiger partial charge on any atom is 0.227 e. The van der Waals surface area contributed by atoms with Crippen LogP contribution in [0.4, 0.5) is 11.6 Å². The fraction of sp³-hybridized carbons (Fsp3) is 0.571. The molecule has 0 spiro atoms. The summed E-state index contributed by atoms with van der Waals surface area (Å²) in [5, 5.41) is 3.31. The number of piperidine rings is 1. The van der Waals surface area contributed by atoms with E-state index in [0.29, 0.717) is 24.2 Å². The minimum atomic E-state index is -0.182. The summed E-state index contributed by atoms with van der Waals surface area (Å²) in [6, 6.07) is 7.66. The average molecular weight is 476 g/mol. The monoisotopic (exact) mass is 475 g/mol. The molecule has 2 heterocycles. The highest BCUT2D eigenvalue weighted by molar-refractivity contribution is 5.96. The van der Waals surface area contributed by atoms with Crippen LogP contribution in [-0.4, -0.2) is 46.7 Å². The predicted molar refractivity (Wildman–Crippen MR) is 137 cm³/mol. The summed E-state index contributed by atoms with van der Waals surface area (Å²) in [5.41, 5.74) is 9.56. The van der Waals surface area contributed by atoms with Crippen LogP contribution in [0.5, 0.6) is 0 Å². The van der Waals surface area contributed by atoms with Crippen molar-refractivity contribution in [1.82, 2.24) is 14.9 Å². The highest BCUT2D eigenvalue weighted by Crippen LogP contribution is 2.43. The molecular formula is C28H37N5O2. The number of carbonyl (C=O) groups excluding carboxylic acids is 2. The quantitative estimate of drug-likeness (QED) is 0.520. The van der Waals surface area contributed by atoms with Crippen molar-refractivity contribution >= 4 is 23.3 Å². The normalized spacial score (nSPS) is 23.3. The van der Waals surface area contributed by atoms with Crippen LogP contribution in [0.2, 0.25) is 0 Å². The van der Waals surface area contributed by atoms with Crippen molar-refractivity contribution in [3.8, 4) is 0 Å². The van der Waals surface area contributed by atoms with Crippen LogP contribution >= 0.6 is 0 Å². The Morgan fingerprint density at radius 3 is 2.49 bits per heavy atom. The molecule has 2 aliphatic carbocycles. The van der Waals surface area contributed by atoms with Crippen molar-refractivity contribution < 1.29 is 9.59 Å². The van der Waals surface area contributed by atoms with Crippen molar-refractivity contribution in [2.45, 2.75) is 63.7 Å². The molecule has 7 heteroatoms. The summed E-state index contributed by atoms with van der Waals surface area (Å²) >= 11 is 0. The van der Waals surface area contributed by atoms with Crippen LogP contribution in [0, 0.1) is 17.8 Å². The first-order valence-corrected chi connectivity index (χ1v) is 13.2. The van der Waals surface area contributed by atoms with Gasteiger partial charge in [0.15, 0.2) is 5.78 Å². The zero-order valence-electron chi connectivity index (χ0n) is 20.7. The van der Waals surface area contributed by atoms with Gasteiger partial charge in [-0.3, -0.25) is 9.59 Å². The Labute approximate surface area is 207 Å². The molecule has 1 amide bonds. The van der Waals surface area contributed by atoms with Crippen molar-refractivity contribution in [3.05, 3.63) is 47.3 Å². The van der Waals surface area contributed by atoms with E-state index < -0.39 is 0 Å². The number of carbonyl (C=O) groups is 2. The van der Waals surface area contributed by atoms with Gasteiger partial charge in [-0.2, -0.15) is 0 Å². The van der Waals surface area contributed by atoms with Gasteiger partial charge in [0.05, 0.1) is 0 Å². The smallest absolute Gasteiger partial charge is 0.227 e. The first-order chi connectivity index (χ1) is 17.0. The number of benzene rings is 1. The lowest BCUT2D eigenvalue weighted by molar-refractivity contribution is -0.122. The summed E-state index contributed by atoms with van der Waals surface area (Å²) in [6.45, 7) is 2.15. The third-order valence-corrected chi connectivity index (χ3v) is 8.17. The summed E-state index contributed by atoms with van der Waals surface area (Å²) in [7, 11) is 2.14. The summed E-state index contributed by atoms with van der Waals surface area (Å²) in [6.07, 6.45) is 10.9. The van der Waals surface area contributed by atoms with Crippen LogP contribution in [0.3, 0.4) is 0 Å². The summed E-state index contributed by atoms with van der Waals surface area (Å²) < 4.78 is 0. The average Bonchev–Trinajstić information content (AvgIpc) is 3.58. The molecule has 0 radical (unpaired) electrons. The molecule has 3 N–H and O–H groups in total. The van der Waals surface area contributed by atoms with Gasteiger partial charge in [0.25, 0.3) is 0 Å². The van der Waals surface area contributed by atoms with E-state index in [1.54, 1.807) is 0 Å². The van der Waals surface area contributed by atoms with Gasteiger partial charge in [-0.1, -0.05) is 6.42 Å². The summed E-state index contributed by atoms with van der Waals surface area (Å²) in [5.74, 6) is 1.85. The lowest BCUT2D eigenvalue weighted by Crippen LogP contribution is -2.31. The number of hydrogen-bond acceptors (Lipinski definition) is 6. The standard InChI is InChI=1S/C28H37N5O2/c1-33-13-11-18(12-14-33)15-26(34)20-7-9-22(10-8-20)31-28-30-17-24(19-5-6-19)25(32-28)16-21-3-2-4-23(21)27(29)35/h7-10,17-19,21,23H,2-6,11-16H2,1H3,(H2,29,35)(H,30,31,32)/t21-,23-/m0/s1. The molecule has 0 bridgehead atoms. The molecule has 0 unspecified atom stereocenters. The van der Waals surface area contributed by atoms with Crippen molar-refractivity contribution in [2.24, 2.45) is 23.5 Å². The van der Waals surface area contributed by atoms with E-state index in [9.17, 15) is 9.59 Å². The number of likely N-dealkylation sites (tertiary alicyclic amines) is 1. The Balaban J connectivity index is 1.24. The van der Waals surface area contributed by atoms with Crippen LogP contribution < -0.4 is 11.1 Å². The fourth-order valence-electron chi connectivity index (χ4n) is 5.80. The molecule has 7 nitrogen and oxygen atoms in total. The van der Waals surface area contributed by atoms with Crippen LogP contribution in [0.15, 0.2) is 30.5 Å². The van der Waals surface area contributed by atoms with E-state index in [1.807, 2.05) is 30.5 Å². The Bertz CT molecular complexity index is 1060. The van der Waals surface area contributed by atoms with E-state index >= 15 is 0 Å². The molecule has 1 aromatic heterocycles. The largest absolute Gasteiger partial charge is 0.369 e. The zero-order chi connectivity index (χ0) is 24.4. The Kier molecular flexibility index (Phi) is 7.14. The fourth-order valence-corrected chi connectivity index (χ4v) is 5.80. The molecule has 1 aromatic carbocycles. The molecule has 35 heavy (non-hydrogen) atoms. The Morgan fingerprint density at radius 1 is 1.06 bits per heavy atom. The van der Waals surface area contributed by atoms with E-state index in [2.05, 4.69) is 22.2 Å². The van der Waals surface area contributed by atoms with Gasteiger partial charge >= 0.3 is 0 Å². The van der Waals surface area contributed by atoms with Gasteiger partial charge in [-0.15, -0.1) is 0 Å². The third-order valence-electron chi connectivity index (χ3n) is 8.17. The number of ketones is 1. The van der Waals surface area contributed by atoms with Gasteiger partial charge in [0, 0.05) is 35.5 Å². The lowest BCUT2D eigenvalue weighted by Gasteiger charge is -2.28. The molecule has 3 aliphatic rings. The topological polar surface area (TPSA) is 101 Å². The van der Waals surface area contributed by atoms with E-state index in [1.165, 1.54) is 18.4 Å². The van der Waals surface area contributed by atoms with Gasteiger partial charge < -0.3 is 16.0 Å². The second-order valence-corrected chi connectivity index (χ2v) is 10.9. The van der Waals surface area contributed by atoms with Crippen LogP contribution in [-0.2, 0) is 11.2 Å². The van der Waals surface area contributed by atoms with Crippen LogP contribution in [0.25, 0.3) is 0 Å². The van der Waals surface area contributed by atoms with Gasteiger partial charge in [-0.25, -0.2) is 9.97 Å². The van der Waals surface area contributed by atoms with Crippen molar-refractivity contribution in [3.63, 3.8) is 0 Å². The Hall–Kier alpha value is -2.80. The number of amides is 1. The maximum absolute atomic E-state index is 12.8. The molecule has 5 rings (SSSR count). The number of nitrogens with two attached hydrogens (primary N) is 1. The predicted octanol–water partition coefficient (Wildman–Crippen LogP) is 4.46. The van der Waals surface area contributed by atoms with Gasteiger partial charge in [-0.05, 0) is 113 Å². The number of nitrogens with zero attached hydrogens (tertiary/aromatic N) is 3. The highest BCUT2D eigenvalue weighted by atomic mass is 16.1.